The SMILES string of the molecule is CC1=CCC2=C3[C@@H](O1)O[C@H](O)[C@H](C)[C@@H]3CC[C@H]2C. The fourth-order valence-corrected chi connectivity index (χ4v) is 3.56. The van der Waals surface area contributed by atoms with Crippen LogP contribution in [0.1, 0.15) is 40.0 Å². The van der Waals surface area contributed by atoms with Gasteiger partial charge >= 0.3 is 0 Å². The molecule has 5 atom stereocenters. The van der Waals surface area contributed by atoms with Crippen LogP contribution >= 0.6 is 0 Å². The molecule has 1 saturated heterocycles. The fourth-order valence-electron chi connectivity index (χ4n) is 3.56. The molecule has 1 aliphatic carbocycles. The predicted octanol–water partition coefficient (Wildman–Crippen LogP) is 2.96. The van der Waals surface area contributed by atoms with Crippen molar-refractivity contribution >= 4 is 0 Å². The fraction of sp³-hybridized carbons (Fsp3) is 0.733. The topological polar surface area (TPSA) is 38.7 Å². The Kier molecular flexibility index (Phi) is 2.99. The summed E-state index contributed by atoms with van der Waals surface area (Å²) in [5, 5.41) is 10.0. The molecule has 3 heteroatoms. The van der Waals surface area contributed by atoms with Gasteiger partial charge in [-0.1, -0.05) is 19.4 Å². The number of allylic oxidation sites excluding steroid dienone is 3. The molecule has 0 saturated carbocycles. The zero-order valence-corrected chi connectivity index (χ0v) is 11.3. The van der Waals surface area contributed by atoms with Gasteiger partial charge < -0.3 is 14.6 Å². The summed E-state index contributed by atoms with van der Waals surface area (Å²) in [6, 6.07) is 0. The lowest BCUT2D eigenvalue weighted by molar-refractivity contribution is -0.247. The van der Waals surface area contributed by atoms with Crippen molar-refractivity contribution in [2.45, 2.75) is 52.6 Å². The number of aliphatic hydroxyl groups excluding tert-OH is 1. The minimum absolute atomic E-state index is 0.167. The minimum atomic E-state index is -0.704. The zero-order chi connectivity index (χ0) is 12.9. The molecule has 0 unspecified atom stereocenters. The van der Waals surface area contributed by atoms with Crippen molar-refractivity contribution in [1.82, 2.24) is 0 Å². The number of aliphatic hydroxyl groups is 1. The summed E-state index contributed by atoms with van der Waals surface area (Å²) in [6.07, 6.45) is 4.39. The van der Waals surface area contributed by atoms with E-state index in [0.29, 0.717) is 11.8 Å². The van der Waals surface area contributed by atoms with E-state index in [-0.39, 0.29) is 12.2 Å². The molecule has 3 rings (SSSR count). The minimum Gasteiger partial charge on any atom is -0.466 e. The molecule has 0 aromatic rings. The van der Waals surface area contributed by atoms with E-state index < -0.39 is 6.29 Å². The van der Waals surface area contributed by atoms with Gasteiger partial charge in [-0.05, 0) is 44.1 Å². The molecular formula is C15H22O3. The summed E-state index contributed by atoms with van der Waals surface area (Å²) in [4.78, 5) is 0. The predicted molar refractivity (Wildman–Crippen MR) is 68.4 cm³/mol. The first-order valence-corrected chi connectivity index (χ1v) is 6.97. The Hall–Kier alpha value is -0.800. The summed E-state index contributed by atoms with van der Waals surface area (Å²) >= 11 is 0. The maximum Gasteiger partial charge on any atom is 0.225 e. The Bertz CT molecular complexity index is 410. The van der Waals surface area contributed by atoms with Crippen LogP contribution in [0.2, 0.25) is 0 Å². The van der Waals surface area contributed by atoms with E-state index >= 15 is 0 Å². The first kappa shape index (κ1) is 12.2. The third kappa shape index (κ3) is 1.81. The van der Waals surface area contributed by atoms with Crippen LogP contribution < -0.4 is 0 Å². The molecule has 18 heavy (non-hydrogen) atoms. The number of ether oxygens (including phenoxy) is 2. The molecule has 0 aromatic heterocycles. The summed E-state index contributed by atoms with van der Waals surface area (Å²) in [5.41, 5.74) is 2.80. The van der Waals surface area contributed by atoms with Crippen molar-refractivity contribution in [3.63, 3.8) is 0 Å². The highest BCUT2D eigenvalue weighted by molar-refractivity contribution is 5.30. The lowest BCUT2D eigenvalue weighted by Gasteiger charge is -2.44. The van der Waals surface area contributed by atoms with Gasteiger partial charge in [0, 0.05) is 11.5 Å². The highest BCUT2D eigenvalue weighted by atomic mass is 16.7. The highest BCUT2D eigenvalue weighted by Gasteiger charge is 2.44. The monoisotopic (exact) mass is 250 g/mol. The maximum atomic E-state index is 10.0. The molecule has 0 spiro atoms. The summed E-state index contributed by atoms with van der Waals surface area (Å²) in [5.74, 6) is 2.10. The zero-order valence-electron chi connectivity index (χ0n) is 11.3. The number of hydrogen-bond acceptors (Lipinski definition) is 3. The van der Waals surface area contributed by atoms with E-state index in [2.05, 4.69) is 19.9 Å². The molecule has 0 radical (unpaired) electrons. The third-order valence-corrected chi connectivity index (χ3v) is 4.78. The van der Waals surface area contributed by atoms with E-state index in [0.717, 1.165) is 18.6 Å². The lowest BCUT2D eigenvalue weighted by Crippen LogP contribution is -2.44. The molecule has 100 valence electrons. The Morgan fingerprint density at radius 3 is 2.83 bits per heavy atom. The molecule has 2 heterocycles. The van der Waals surface area contributed by atoms with Crippen LogP contribution in [0, 0.1) is 17.8 Å². The average molecular weight is 250 g/mol. The van der Waals surface area contributed by atoms with Crippen LogP contribution in [0.25, 0.3) is 0 Å². The number of hydrogen-bond donors (Lipinski definition) is 1. The lowest BCUT2D eigenvalue weighted by atomic mass is 9.70. The van der Waals surface area contributed by atoms with Gasteiger partial charge in [-0.2, -0.15) is 0 Å². The summed E-state index contributed by atoms with van der Waals surface area (Å²) < 4.78 is 11.5. The van der Waals surface area contributed by atoms with Crippen LogP contribution in [0.5, 0.6) is 0 Å². The Balaban J connectivity index is 2.04. The van der Waals surface area contributed by atoms with Crippen molar-refractivity contribution in [2.24, 2.45) is 17.8 Å². The van der Waals surface area contributed by atoms with E-state index in [1.165, 1.54) is 17.6 Å². The molecule has 3 aliphatic rings. The van der Waals surface area contributed by atoms with E-state index in [4.69, 9.17) is 9.47 Å². The van der Waals surface area contributed by atoms with Gasteiger partial charge in [0.25, 0.3) is 0 Å². The Morgan fingerprint density at radius 1 is 1.28 bits per heavy atom. The van der Waals surface area contributed by atoms with Gasteiger partial charge in [-0.25, -0.2) is 0 Å². The first-order chi connectivity index (χ1) is 8.58. The van der Waals surface area contributed by atoms with Crippen molar-refractivity contribution in [1.29, 1.82) is 0 Å². The molecule has 0 aromatic carbocycles. The van der Waals surface area contributed by atoms with Gasteiger partial charge in [-0.3, -0.25) is 0 Å². The highest BCUT2D eigenvalue weighted by Crippen LogP contribution is 2.47. The summed E-state index contributed by atoms with van der Waals surface area (Å²) in [6.45, 7) is 6.34. The van der Waals surface area contributed by atoms with Crippen LogP contribution in [-0.4, -0.2) is 17.7 Å². The Morgan fingerprint density at radius 2 is 2.06 bits per heavy atom. The molecule has 0 amide bonds. The second-order valence-electron chi connectivity index (χ2n) is 5.92. The van der Waals surface area contributed by atoms with E-state index in [9.17, 15) is 5.11 Å². The maximum absolute atomic E-state index is 10.0. The van der Waals surface area contributed by atoms with Crippen LogP contribution in [0.3, 0.4) is 0 Å². The second-order valence-corrected chi connectivity index (χ2v) is 5.92. The Labute approximate surface area is 108 Å². The van der Waals surface area contributed by atoms with Gasteiger partial charge in [0.1, 0.15) is 0 Å². The van der Waals surface area contributed by atoms with E-state index in [1.54, 1.807) is 0 Å². The third-order valence-electron chi connectivity index (χ3n) is 4.78. The molecule has 1 fully saturated rings. The largest absolute Gasteiger partial charge is 0.466 e. The molecule has 3 nitrogen and oxygen atoms in total. The van der Waals surface area contributed by atoms with E-state index in [1.807, 2.05) is 6.92 Å². The average Bonchev–Trinajstić information content (AvgIpc) is 2.49. The van der Waals surface area contributed by atoms with Gasteiger partial charge in [-0.15, -0.1) is 0 Å². The molecular weight excluding hydrogens is 228 g/mol. The van der Waals surface area contributed by atoms with Gasteiger partial charge in [0.15, 0.2) is 6.29 Å². The standard InChI is InChI=1S/C15H22O3/c1-8-4-6-12-10(3)14(16)18-15-13(12)11(8)7-5-9(2)17-15/h5,8,10,12,14-16H,4,6-7H2,1-3H3/t8-,10-,12+,14+,15+/m1/s1. The summed E-state index contributed by atoms with van der Waals surface area (Å²) in [7, 11) is 0. The van der Waals surface area contributed by atoms with Crippen LogP contribution in [-0.2, 0) is 9.47 Å². The molecule has 2 aliphatic heterocycles. The second kappa shape index (κ2) is 4.39. The molecule has 0 bridgehead atoms. The van der Waals surface area contributed by atoms with Crippen LogP contribution in [0.15, 0.2) is 23.0 Å². The van der Waals surface area contributed by atoms with Gasteiger partial charge in [0.2, 0.25) is 6.29 Å². The smallest absolute Gasteiger partial charge is 0.225 e. The van der Waals surface area contributed by atoms with Crippen molar-refractivity contribution in [3.8, 4) is 0 Å². The van der Waals surface area contributed by atoms with Crippen molar-refractivity contribution < 1.29 is 14.6 Å². The van der Waals surface area contributed by atoms with Crippen LogP contribution in [0.4, 0.5) is 0 Å². The first-order valence-electron chi connectivity index (χ1n) is 6.97. The quantitative estimate of drug-likeness (QED) is 0.672. The normalized spacial score (nSPS) is 43.8. The van der Waals surface area contributed by atoms with Crippen molar-refractivity contribution in [3.05, 3.63) is 23.0 Å². The molecule has 1 N–H and O–H groups in total. The van der Waals surface area contributed by atoms with Crippen molar-refractivity contribution in [2.75, 3.05) is 0 Å². The van der Waals surface area contributed by atoms with Gasteiger partial charge in [0.05, 0.1) is 5.76 Å². The number of rotatable bonds is 0.